The molecule has 0 aliphatic rings. The molecule has 10 heteroatoms. The van der Waals surface area contributed by atoms with Crippen LogP contribution < -0.4 is 10.9 Å². The highest BCUT2D eigenvalue weighted by atomic mass is 32.1. The van der Waals surface area contributed by atoms with Gasteiger partial charge in [0.15, 0.2) is 0 Å². The molecule has 0 unspecified atom stereocenters. The first-order valence-electron chi connectivity index (χ1n) is 9.04. The zero-order chi connectivity index (χ0) is 20.8. The van der Waals surface area contributed by atoms with Crippen LogP contribution in [0.15, 0.2) is 11.1 Å². The van der Waals surface area contributed by atoms with Gasteiger partial charge >= 0.3 is 5.97 Å². The summed E-state index contributed by atoms with van der Waals surface area (Å²) in [4.78, 5) is 55.5. The van der Waals surface area contributed by atoms with Crippen LogP contribution in [-0.4, -0.2) is 58.5 Å². The van der Waals surface area contributed by atoms with Gasteiger partial charge in [0, 0.05) is 13.1 Å². The molecule has 2 amide bonds. The number of nitrogens with one attached hydrogen (secondary N) is 1. The van der Waals surface area contributed by atoms with E-state index in [4.69, 9.17) is 4.74 Å². The van der Waals surface area contributed by atoms with E-state index in [1.165, 1.54) is 15.8 Å². The number of nitrogens with zero attached hydrogens (tertiary/aromatic N) is 3. The first-order valence-corrected chi connectivity index (χ1v) is 9.85. The minimum absolute atomic E-state index is 0.0713. The Morgan fingerprint density at radius 3 is 2.61 bits per heavy atom. The molecule has 0 aromatic carbocycles. The summed E-state index contributed by atoms with van der Waals surface area (Å²) in [7, 11) is 0. The van der Waals surface area contributed by atoms with Crippen LogP contribution >= 0.6 is 11.3 Å². The molecule has 0 radical (unpaired) electrons. The number of hydrogen-bond donors (Lipinski definition) is 1. The van der Waals surface area contributed by atoms with Crippen molar-refractivity contribution < 1.29 is 19.1 Å². The largest absolute Gasteiger partial charge is 0.462 e. The number of esters is 1. The molecule has 2 aromatic rings. The molecule has 2 rings (SSSR count). The predicted octanol–water partition coefficient (Wildman–Crippen LogP) is 0.928. The Kier molecular flexibility index (Phi) is 7.27. The molecule has 2 aromatic heterocycles. The number of fused-ring (bicyclic) bond motifs is 1. The molecule has 0 saturated carbocycles. The average molecular weight is 408 g/mol. The van der Waals surface area contributed by atoms with Crippen molar-refractivity contribution in [3.8, 4) is 0 Å². The zero-order valence-electron chi connectivity index (χ0n) is 16.4. The molecule has 0 fully saturated rings. The maximum Gasteiger partial charge on any atom is 0.348 e. The maximum absolute atomic E-state index is 12.8. The number of aromatic nitrogens is 2. The van der Waals surface area contributed by atoms with Gasteiger partial charge in [0.05, 0.1) is 24.9 Å². The Morgan fingerprint density at radius 2 is 2.00 bits per heavy atom. The molecule has 9 nitrogen and oxygen atoms in total. The van der Waals surface area contributed by atoms with Gasteiger partial charge in [-0.1, -0.05) is 0 Å². The molecule has 0 aliphatic heterocycles. The van der Waals surface area contributed by atoms with Crippen molar-refractivity contribution in [3.63, 3.8) is 0 Å². The van der Waals surface area contributed by atoms with Gasteiger partial charge in [-0.05, 0) is 33.3 Å². The van der Waals surface area contributed by atoms with E-state index >= 15 is 0 Å². The standard InChI is InChI=1S/C18H24N4O5S/c1-5-19-12(23)8-21(6-2)13(24)9-22-10-20-16-14(17(22)25)11(4)15(28-16)18(26)27-7-3/h10H,5-9H2,1-4H3,(H,19,23). The van der Waals surface area contributed by atoms with Gasteiger partial charge in [0.25, 0.3) is 5.56 Å². The molecular formula is C18H24N4O5S. The predicted molar refractivity (Wildman–Crippen MR) is 106 cm³/mol. The van der Waals surface area contributed by atoms with Crippen LogP contribution in [-0.2, 0) is 20.9 Å². The van der Waals surface area contributed by atoms with E-state index in [0.29, 0.717) is 33.7 Å². The lowest BCUT2D eigenvalue weighted by Gasteiger charge is -2.20. The second-order valence-corrected chi connectivity index (χ2v) is 6.99. The van der Waals surface area contributed by atoms with Crippen molar-refractivity contribution >= 4 is 39.3 Å². The van der Waals surface area contributed by atoms with Crippen LogP contribution in [0.1, 0.15) is 36.0 Å². The number of ether oxygens (including phenoxy) is 1. The second-order valence-electron chi connectivity index (χ2n) is 6.00. The van der Waals surface area contributed by atoms with Crippen molar-refractivity contribution in [2.45, 2.75) is 34.2 Å². The van der Waals surface area contributed by atoms with Crippen molar-refractivity contribution in [3.05, 3.63) is 27.1 Å². The summed E-state index contributed by atoms with van der Waals surface area (Å²) < 4.78 is 6.21. The Labute approximate surface area is 166 Å². The monoisotopic (exact) mass is 408 g/mol. The summed E-state index contributed by atoms with van der Waals surface area (Å²) in [6, 6.07) is 0. The van der Waals surface area contributed by atoms with Gasteiger partial charge in [-0.2, -0.15) is 0 Å². The van der Waals surface area contributed by atoms with E-state index in [-0.39, 0.29) is 31.5 Å². The molecule has 28 heavy (non-hydrogen) atoms. The van der Waals surface area contributed by atoms with E-state index in [1.54, 1.807) is 27.7 Å². The van der Waals surface area contributed by atoms with Crippen molar-refractivity contribution in [2.75, 3.05) is 26.2 Å². The molecule has 0 spiro atoms. The van der Waals surface area contributed by atoms with Crippen LogP contribution in [0.4, 0.5) is 0 Å². The highest BCUT2D eigenvalue weighted by Gasteiger charge is 2.22. The molecule has 1 N–H and O–H groups in total. The molecule has 152 valence electrons. The van der Waals surface area contributed by atoms with Crippen LogP contribution in [0.5, 0.6) is 0 Å². The van der Waals surface area contributed by atoms with Gasteiger partial charge in [0.2, 0.25) is 11.8 Å². The number of aryl methyl sites for hydroxylation is 1. The number of likely N-dealkylation sites (N-methyl/N-ethyl adjacent to an activating group) is 2. The SMILES string of the molecule is CCNC(=O)CN(CC)C(=O)Cn1cnc2sc(C(=O)OCC)c(C)c2c1=O. The highest BCUT2D eigenvalue weighted by Crippen LogP contribution is 2.27. The van der Waals surface area contributed by atoms with Gasteiger partial charge in [-0.25, -0.2) is 9.78 Å². The number of hydrogen-bond acceptors (Lipinski definition) is 7. The summed E-state index contributed by atoms with van der Waals surface area (Å²) in [5, 5.41) is 2.94. The van der Waals surface area contributed by atoms with Crippen LogP contribution in [0.3, 0.4) is 0 Å². The number of rotatable bonds is 8. The van der Waals surface area contributed by atoms with E-state index in [1.807, 2.05) is 0 Å². The molecule has 0 saturated heterocycles. The van der Waals surface area contributed by atoms with Crippen molar-refractivity contribution in [1.82, 2.24) is 19.8 Å². The van der Waals surface area contributed by atoms with E-state index in [0.717, 1.165) is 11.3 Å². The first kappa shape index (κ1) is 21.5. The molecule has 0 bridgehead atoms. The van der Waals surface area contributed by atoms with E-state index in [2.05, 4.69) is 10.3 Å². The summed E-state index contributed by atoms with van der Waals surface area (Å²) >= 11 is 1.09. The van der Waals surface area contributed by atoms with Crippen LogP contribution in [0.25, 0.3) is 10.2 Å². The van der Waals surface area contributed by atoms with E-state index < -0.39 is 11.5 Å². The second kappa shape index (κ2) is 9.45. The lowest BCUT2D eigenvalue weighted by Crippen LogP contribution is -2.43. The Hall–Kier alpha value is -2.75. The minimum Gasteiger partial charge on any atom is -0.462 e. The van der Waals surface area contributed by atoms with Gasteiger partial charge < -0.3 is 15.0 Å². The number of carbonyl (C=O) groups is 3. The summed E-state index contributed by atoms with van der Waals surface area (Å²) in [6.45, 7) is 7.66. The summed E-state index contributed by atoms with van der Waals surface area (Å²) in [5.74, 6) is -1.12. The fourth-order valence-electron chi connectivity index (χ4n) is 2.71. The molecule has 0 aliphatic carbocycles. The lowest BCUT2D eigenvalue weighted by atomic mass is 10.2. The zero-order valence-corrected chi connectivity index (χ0v) is 17.2. The Morgan fingerprint density at radius 1 is 1.29 bits per heavy atom. The Balaban J connectivity index is 2.30. The number of amides is 2. The van der Waals surface area contributed by atoms with Crippen molar-refractivity contribution in [2.24, 2.45) is 0 Å². The maximum atomic E-state index is 12.8. The Bertz CT molecular complexity index is 949. The fraction of sp³-hybridized carbons (Fsp3) is 0.500. The topological polar surface area (TPSA) is 111 Å². The first-order chi connectivity index (χ1) is 13.3. The quantitative estimate of drug-likeness (QED) is 0.651. The normalized spacial score (nSPS) is 10.7. The smallest absolute Gasteiger partial charge is 0.348 e. The molecule has 2 heterocycles. The average Bonchev–Trinajstić information content (AvgIpc) is 2.99. The summed E-state index contributed by atoms with van der Waals surface area (Å²) in [5.41, 5.74) is 0.0872. The molecular weight excluding hydrogens is 384 g/mol. The van der Waals surface area contributed by atoms with Gasteiger partial charge in [0.1, 0.15) is 16.3 Å². The fourth-order valence-corrected chi connectivity index (χ4v) is 3.74. The number of carbonyl (C=O) groups excluding carboxylic acids is 3. The number of thiophene rings is 1. The summed E-state index contributed by atoms with van der Waals surface area (Å²) in [6.07, 6.45) is 1.29. The lowest BCUT2D eigenvalue weighted by molar-refractivity contribution is -0.136. The van der Waals surface area contributed by atoms with Crippen LogP contribution in [0, 0.1) is 6.92 Å². The minimum atomic E-state index is -0.496. The van der Waals surface area contributed by atoms with Crippen LogP contribution in [0.2, 0.25) is 0 Å². The van der Waals surface area contributed by atoms with E-state index in [9.17, 15) is 19.2 Å². The van der Waals surface area contributed by atoms with Gasteiger partial charge in [-0.15, -0.1) is 11.3 Å². The third-order valence-corrected chi connectivity index (χ3v) is 5.31. The third-order valence-electron chi connectivity index (χ3n) is 4.13. The van der Waals surface area contributed by atoms with Crippen molar-refractivity contribution in [1.29, 1.82) is 0 Å². The molecule has 0 atom stereocenters. The third kappa shape index (κ3) is 4.56. The highest BCUT2D eigenvalue weighted by molar-refractivity contribution is 7.20. The van der Waals surface area contributed by atoms with Gasteiger partial charge in [-0.3, -0.25) is 19.0 Å².